The number of phenolic OH excluding ortho intramolecular Hbond substituents is 1. The Bertz CT molecular complexity index is 690. The van der Waals surface area contributed by atoms with E-state index in [0.29, 0.717) is 23.2 Å². The molecule has 2 rings (SSSR count). The first-order valence-electron chi connectivity index (χ1n) is 6.94. The molecule has 0 aliphatic heterocycles. The normalized spacial score (nSPS) is 10.1. The van der Waals surface area contributed by atoms with Crippen LogP contribution in [0.2, 0.25) is 0 Å². The summed E-state index contributed by atoms with van der Waals surface area (Å²) >= 11 is 0. The number of ether oxygens (including phenoxy) is 1. The van der Waals surface area contributed by atoms with E-state index in [9.17, 15) is 9.90 Å². The molecule has 0 aliphatic rings. The Hall–Kier alpha value is -2.75. The van der Waals surface area contributed by atoms with Crippen molar-refractivity contribution < 1.29 is 14.6 Å². The average Bonchev–Trinajstić information content (AvgIpc) is 2.51. The Morgan fingerprint density at radius 1 is 1.32 bits per heavy atom. The van der Waals surface area contributed by atoms with E-state index in [-0.39, 0.29) is 17.4 Å². The summed E-state index contributed by atoms with van der Waals surface area (Å²) in [5, 5.41) is 12.9. The Morgan fingerprint density at radius 3 is 2.59 bits per heavy atom. The second kappa shape index (κ2) is 6.80. The molecule has 0 radical (unpaired) electrons. The minimum Gasteiger partial charge on any atom is -0.504 e. The first-order chi connectivity index (χ1) is 10.5. The molecular formula is C18H19NO3. The van der Waals surface area contributed by atoms with Gasteiger partial charge in [-0.2, -0.15) is 0 Å². The number of anilines is 1. The molecule has 4 heteroatoms. The lowest BCUT2D eigenvalue weighted by molar-refractivity contribution is 0.102. The van der Waals surface area contributed by atoms with Crippen LogP contribution >= 0.6 is 0 Å². The Labute approximate surface area is 130 Å². The summed E-state index contributed by atoms with van der Waals surface area (Å²) in [6, 6.07) is 10.7. The molecule has 0 spiro atoms. The number of carbonyl (C=O) groups is 1. The number of methoxy groups -OCH3 is 1. The summed E-state index contributed by atoms with van der Waals surface area (Å²) in [4.78, 5) is 12.4. The van der Waals surface area contributed by atoms with Gasteiger partial charge in [0.1, 0.15) is 0 Å². The van der Waals surface area contributed by atoms with Crippen LogP contribution in [0.25, 0.3) is 0 Å². The van der Waals surface area contributed by atoms with Gasteiger partial charge < -0.3 is 15.2 Å². The zero-order chi connectivity index (χ0) is 16.1. The second-order valence-electron chi connectivity index (χ2n) is 5.00. The van der Waals surface area contributed by atoms with Gasteiger partial charge in [0, 0.05) is 16.8 Å². The van der Waals surface area contributed by atoms with Crippen molar-refractivity contribution in [2.45, 2.75) is 13.3 Å². The van der Waals surface area contributed by atoms with E-state index in [1.165, 1.54) is 13.2 Å². The van der Waals surface area contributed by atoms with Crippen LogP contribution < -0.4 is 10.1 Å². The van der Waals surface area contributed by atoms with Gasteiger partial charge in [0.25, 0.3) is 5.91 Å². The lowest BCUT2D eigenvalue weighted by Crippen LogP contribution is -2.12. The predicted molar refractivity (Wildman–Crippen MR) is 87.7 cm³/mol. The number of benzene rings is 2. The Balaban J connectivity index is 2.30. The van der Waals surface area contributed by atoms with Gasteiger partial charge in [0.05, 0.1) is 7.11 Å². The van der Waals surface area contributed by atoms with Crippen LogP contribution in [0.3, 0.4) is 0 Å². The number of phenols is 1. The van der Waals surface area contributed by atoms with Crippen LogP contribution in [0.1, 0.15) is 21.5 Å². The van der Waals surface area contributed by atoms with Gasteiger partial charge in [-0.05, 0) is 37.6 Å². The quantitative estimate of drug-likeness (QED) is 0.827. The fraction of sp³-hybridized carbons (Fsp3) is 0.167. The fourth-order valence-electron chi connectivity index (χ4n) is 2.10. The highest BCUT2D eigenvalue weighted by molar-refractivity contribution is 6.04. The van der Waals surface area contributed by atoms with Crippen LogP contribution in [0, 0.1) is 6.92 Å². The maximum atomic E-state index is 12.4. The number of nitrogens with one attached hydrogen (secondary N) is 1. The van der Waals surface area contributed by atoms with E-state index in [2.05, 4.69) is 11.9 Å². The molecule has 2 aromatic carbocycles. The van der Waals surface area contributed by atoms with Gasteiger partial charge >= 0.3 is 0 Å². The molecule has 114 valence electrons. The van der Waals surface area contributed by atoms with Crippen molar-refractivity contribution >= 4 is 11.6 Å². The number of aromatic hydroxyl groups is 1. The average molecular weight is 297 g/mol. The fourth-order valence-corrected chi connectivity index (χ4v) is 2.10. The summed E-state index contributed by atoms with van der Waals surface area (Å²) in [7, 11) is 1.45. The zero-order valence-electron chi connectivity index (χ0n) is 12.7. The van der Waals surface area contributed by atoms with Gasteiger partial charge in [-0.25, -0.2) is 0 Å². The van der Waals surface area contributed by atoms with Crippen molar-refractivity contribution in [3.05, 3.63) is 65.7 Å². The highest BCUT2D eigenvalue weighted by atomic mass is 16.5. The third-order valence-electron chi connectivity index (χ3n) is 3.31. The first kappa shape index (κ1) is 15.6. The van der Waals surface area contributed by atoms with E-state index in [1.807, 2.05) is 31.2 Å². The molecule has 0 saturated carbocycles. The lowest BCUT2D eigenvalue weighted by atomic mass is 10.0. The number of rotatable bonds is 5. The molecule has 22 heavy (non-hydrogen) atoms. The molecule has 0 saturated heterocycles. The monoisotopic (exact) mass is 297 g/mol. The molecule has 0 unspecified atom stereocenters. The van der Waals surface area contributed by atoms with E-state index >= 15 is 0 Å². The highest BCUT2D eigenvalue weighted by Gasteiger charge is 2.14. The van der Waals surface area contributed by atoms with Gasteiger partial charge in [-0.3, -0.25) is 4.79 Å². The first-order valence-corrected chi connectivity index (χ1v) is 6.94. The number of allylic oxidation sites excluding steroid dienone is 1. The summed E-state index contributed by atoms with van der Waals surface area (Å²) in [6.45, 7) is 5.63. The third kappa shape index (κ3) is 3.47. The number of aryl methyl sites for hydroxylation is 1. The molecule has 0 aliphatic carbocycles. The second-order valence-corrected chi connectivity index (χ2v) is 5.00. The number of amides is 1. The van der Waals surface area contributed by atoms with Crippen LogP contribution in [0.15, 0.2) is 49.1 Å². The SMILES string of the molecule is C=CCc1cc(C(=O)Nc2ccc(C)cc2)cc(OC)c1O. The van der Waals surface area contributed by atoms with Crippen LogP contribution in [-0.2, 0) is 6.42 Å². The smallest absolute Gasteiger partial charge is 0.255 e. The van der Waals surface area contributed by atoms with Gasteiger partial charge in [0.15, 0.2) is 11.5 Å². The Kier molecular flexibility index (Phi) is 4.84. The van der Waals surface area contributed by atoms with Gasteiger partial charge in [-0.15, -0.1) is 6.58 Å². The predicted octanol–water partition coefficient (Wildman–Crippen LogP) is 3.69. The van der Waals surface area contributed by atoms with Crippen LogP contribution in [-0.4, -0.2) is 18.1 Å². The van der Waals surface area contributed by atoms with Gasteiger partial charge in [0.2, 0.25) is 0 Å². The zero-order valence-corrected chi connectivity index (χ0v) is 12.7. The third-order valence-corrected chi connectivity index (χ3v) is 3.31. The summed E-state index contributed by atoms with van der Waals surface area (Å²) in [6.07, 6.45) is 2.12. The molecule has 0 heterocycles. The van der Waals surface area contributed by atoms with Crippen LogP contribution in [0.5, 0.6) is 11.5 Å². The number of hydrogen-bond acceptors (Lipinski definition) is 3. The molecule has 2 N–H and O–H groups in total. The molecule has 2 aromatic rings. The van der Waals surface area contributed by atoms with E-state index in [4.69, 9.17) is 4.74 Å². The van der Waals surface area contributed by atoms with E-state index < -0.39 is 0 Å². The van der Waals surface area contributed by atoms with Crippen LogP contribution in [0.4, 0.5) is 5.69 Å². The van der Waals surface area contributed by atoms with Crippen molar-refractivity contribution in [2.75, 3.05) is 12.4 Å². The van der Waals surface area contributed by atoms with E-state index in [0.717, 1.165) is 5.56 Å². The maximum absolute atomic E-state index is 12.4. The summed E-state index contributed by atoms with van der Waals surface area (Å²) < 4.78 is 5.12. The standard InChI is InChI=1S/C18H19NO3/c1-4-5-13-10-14(11-16(22-3)17(13)20)18(21)19-15-8-6-12(2)7-9-15/h4,6-11,20H,1,5H2,2-3H3,(H,19,21). The van der Waals surface area contributed by atoms with Crippen molar-refractivity contribution in [2.24, 2.45) is 0 Å². The van der Waals surface area contributed by atoms with Crippen molar-refractivity contribution in [1.29, 1.82) is 0 Å². The molecule has 0 fully saturated rings. The summed E-state index contributed by atoms with van der Waals surface area (Å²) in [5.41, 5.74) is 2.86. The molecule has 4 nitrogen and oxygen atoms in total. The minimum atomic E-state index is -0.257. The van der Waals surface area contributed by atoms with Crippen molar-refractivity contribution in [3.63, 3.8) is 0 Å². The molecule has 1 amide bonds. The molecule has 0 bridgehead atoms. The number of carbonyl (C=O) groups excluding carboxylic acids is 1. The lowest BCUT2D eigenvalue weighted by Gasteiger charge is -2.11. The Morgan fingerprint density at radius 2 is 2.00 bits per heavy atom. The van der Waals surface area contributed by atoms with Gasteiger partial charge in [-0.1, -0.05) is 23.8 Å². The topological polar surface area (TPSA) is 58.6 Å². The molecular weight excluding hydrogens is 278 g/mol. The molecule has 0 aromatic heterocycles. The maximum Gasteiger partial charge on any atom is 0.255 e. The number of hydrogen-bond donors (Lipinski definition) is 2. The van der Waals surface area contributed by atoms with E-state index in [1.54, 1.807) is 12.1 Å². The largest absolute Gasteiger partial charge is 0.504 e. The molecule has 0 atom stereocenters. The minimum absolute atomic E-state index is 0.0364. The van der Waals surface area contributed by atoms with Crippen molar-refractivity contribution in [1.82, 2.24) is 0 Å². The van der Waals surface area contributed by atoms with Crippen molar-refractivity contribution in [3.8, 4) is 11.5 Å². The summed E-state index contributed by atoms with van der Waals surface area (Å²) in [5.74, 6) is 0.0511. The highest BCUT2D eigenvalue weighted by Crippen LogP contribution is 2.32.